The highest BCUT2D eigenvalue weighted by Gasteiger charge is 2.14. The van der Waals surface area contributed by atoms with Crippen molar-refractivity contribution >= 4 is 22.4 Å². The highest BCUT2D eigenvalue weighted by atomic mass is 16.1. The second-order valence-corrected chi connectivity index (χ2v) is 5.04. The summed E-state index contributed by atoms with van der Waals surface area (Å²) in [5.41, 5.74) is 3.74. The van der Waals surface area contributed by atoms with Gasteiger partial charge in [0.05, 0.1) is 0 Å². The topological polar surface area (TPSA) is 46.1 Å². The van der Waals surface area contributed by atoms with Crippen molar-refractivity contribution < 1.29 is 4.79 Å². The molecule has 0 fully saturated rings. The van der Waals surface area contributed by atoms with Crippen LogP contribution in [0.25, 0.3) is 16.5 Å². The Morgan fingerprint density at radius 2 is 2.25 bits per heavy atom. The van der Waals surface area contributed by atoms with Crippen LogP contribution in [-0.4, -0.2) is 30.6 Å². The molecule has 1 aliphatic heterocycles. The van der Waals surface area contributed by atoms with Crippen molar-refractivity contribution in [1.82, 2.24) is 15.2 Å². The summed E-state index contributed by atoms with van der Waals surface area (Å²) >= 11 is 0. The number of likely N-dealkylation sites (N-methyl/N-ethyl adjacent to an activating group) is 1. The van der Waals surface area contributed by atoms with E-state index in [0.717, 1.165) is 25.0 Å². The first-order valence-corrected chi connectivity index (χ1v) is 6.98. The van der Waals surface area contributed by atoms with Crippen LogP contribution in [0.1, 0.15) is 12.0 Å². The molecule has 0 saturated carbocycles. The number of aromatic nitrogens is 1. The molecule has 4 heteroatoms. The van der Waals surface area contributed by atoms with Crippen LogP contribution in [-0.2, 0) is 11.3 Å². The normalized spacial score (nSPS) is 15.2. The van der Waals surface area contributed by atoms with E-state index in [0.29, 0.717) is 6.54 Å². The molecule has 3 rings (SSSR count). The number of fused-ring (bicyclic) bond motifs is 1. The summed E-state index contributed by atoms with van der Waals surface area (Å²) in [5, 5.41) is 7.24. The number of para-hydroxylation sites is 1. The lowest BCUT2D eigenvalue weighted by Gasteiger charge is -2.13. The van der Waals surface area contributed by atoms with E-state index in [4.69, 9.17) is 0 Å². The molecule has 0 bridgehead atoms. The monoisotopic (exact) mass is 269 g/mol. The summed E-state index contributed by atoms with van der Waals surface area (Å²) in [6.07, 6.45) is 5.39. The van der Waals surface area contributed by atoms with E-state index >= 15 is 0 Å². The molecule has 1 aromatic carbocycles. The molecule has 4 nitrogen and oxygen atoms in total. The quantitative estimate of drug-likeness (QED) is 0.892. The Kier molecular flexibility index (Phi) is 3.56. The van der Waals surface area contributed by atoms with Crippen molar-refractivity contribution in [3.8, 4) is 0 Å². The van der Waals surface area contributed by atoms with Crippen LogP contribution in [0.3, 0.4) is 0 Å². The lowest BCUT2D eigenvalue weighted by atomic mass is 10.00. The fourth-order valence-electron chi connectivity index (χ4n) is 2.73. The highest BCUT2D eigenvalue weighted by molar-refractivity contribution is 5.94. The van der Waals surface area contributed by atoms with Gasteiger partial charge >= 0.3 is 0 Å². The summed E-state index contributed by atoms with van der Waals surface area (Å²) in [5.74, 6) is 0.0246. The number of nitrogens with zero attached hydrogens (tertiary/aromatic N) is 1. The maximum absolute atomic E-state index is 11.7. The van der Waals surface area contributed by atoms with Crippen molar-refractivity contribution in [2.75, 3.05) is 20.1 Å². The van der Waals surface area contributed by atoms with E-state index in [-0.39, 0.29) is 5.91 Å². The van der Waals surface area contributed by atoms with Crippen LogP contribution in [0.2, 0.25) is 0 Å². The number of rotatable bonds is 3. The van der Waals surface area contributed by atoms with Gasteiger partial charge in [-0.05, 0) is 24.6 Å². The fourth-order valence-corrected chi connectivity index (χ4v) is 2.73. The van der Waals surface area contributed by atoms with Gasteiger partial charge in [-0.2, -0.15) is 0 Å². The third kappa shape index (κ3) is 2.34. The minimum Gasteiger partial charge on any atom is -0.358 e. The number of amides is 1. The number of hydrogen-bond donors (Lipinski definition) is 2. The molecule has 1 amide bonds. The number of nitrogens with one attached hydrogen (secondary N) is 2. The lowest BCUT2D eigenvalue weighted by molar-refractivity contribution is -0.121. The van der Waals surface area contributed by atoms with Gasteiger partial charge in [0.2, 0.25) is 5.91 Å². The van der Waals surface area contributed by atoms with Gasteiger partial charge in [0.25, 0.3) is 0 Å². The third-order valence-corrected chi connectivity index (χ3v) is 3.79. The standard InChI is InChI=1S/C16H19N3O/c1-17-16(20)11-19-10-14(12-6-8-18-9-7-12)13-4-2-3-5-15(13)19/h2-6,10,18H,7-9,11H2,1H3,(H,17,20). The first-order chi connectivity index (χ1) is 9.79. The van der Waals surface area contributed by atoms with Crippen LogP contribution in [0.4, 0.5) is 0 Å². The van der Waals surface area contributed by atoms with E-state index < -0.39 is 0 Å². The molecule has 20 heavy (non-hydrogen) atoms. The second-order valence-electron chi connectivity index (χ2n) is 5.04. The van der Waals surface area contributed by atoms with Crippen molar-refractivity contribution in [3.05, 3.63) is 42.1 Å². The van der Waals surface area contributed by atoms with Crippen molar-refractivity contribution in [2.24, 2.45) is 0 Å². The van der Waals surface area contributed by atoms with Gasteiger partial charge in [-0.15, -0.1) is 0 Å². The summed E-state index contributed by atoms with van der Waals surface area (Å²) in [4.78, 5) is 11.7. The van der Waals surface area contributed by atoms with Gasteiger partial charge < -0.3 is 15.2 Å². The molecule has 104 valence electrons. The molecule has 2 aromatic rings. The number of benzene rings is 1. The van der Waals surface area contributed by atoms with E-state index in [1.165, 1.54) is 16.5 Å². The lowest BCUT2D eigenvalue weighted by Crippen LogP contribution is -2.23. The Bertz CT molecular complexity index is 669. The van der Waals surface area contributed by atoms with Gasteiger partial charge in [-0.25, -0.2) is 0 Å². The summed E-state index contributed by atoms with van der Waals surface area (Å²) in [6.45, 7) is 2.30. The van der Waals surface area contributed by atoms with Crippen molar-refractivity contribution in [2.45, 2.75) is 13.0 Å². The molecule has 1 aromatic heterocycles. The van der Waals surface area contributed by atoms with E-state index in [2.05, 4.69) is 41.1 Å². The maximum Gasteiger partial charge on any atom is 0.239 e. The van der Waals surface area contributed by atoms with Gasteiger partial charge in [0.1, 0.15) is 6.54 Å². The van der Waals surface area contributed by atoms with Crippen LogP contribution in [0.15, 0.2) is 36.5 Å². The zero-order chi connectivity index (χ0) is 13.9. The second kappa shape index (κ2) is 5.51. The number of hydrogen-bond acceptors (Lipinski definition) is 2. The molecule has 0 atom stereocenters. The molecule has 0 unspecified atom stereocenters. The predicted octanol–water partition coefficient (Wildman–Crippen LogP) is 1.76. The Hall–Kier alpha value is -2.07. The molecular formula is C16H19N3O. The van der Waals surface area contributed by atoms with Crippen molar-refractivity contribution in [1.29, 1.82) is 0 Å². The van der Waals surface area contributed by atoms with Gasteiger partial charge in [0.15, 0.2) is 0 Å². The minimum absolute atomic E-state index is 0.0246. The first kappa shape index (κ1) is 12.9. The molecular weight excluding hydrogens is 250 g/mol. The van der Waals surface area contributed by atoms with Crippen LogP contribution in [0.5, 0.6) is 0 Å². The zero-order valence-corrected chi connectivity index (χ0v) is 11.6. The zero-order valence-electron chi connectivity index (χ0n) is 11.6. The Labute approximate surface area is 118 Å². The molecule has 0 radical (unpaired) electrons. The molecule has 1 aliphatic rings. The summed E-state index contributed by atoms with van der Waals surface area (Å²) in [7, 11) is 1.67. The van der Waals surface area contributed by atoms with E-state index in [1.54, 1.807) is 7.05 Å². The molecule has 0 saturated heterocycles. The van der Waals surface area contributed by atoms with Crippen molar-refractivity contribution in [3.63, 3.8) is 0 Å². The Morgan fingerprint density at radius 3 is 3.00 bits per heavy atom. The predicted molar refractivity (Wildman–Crippen MR) is 81.5 cm³/mol. The summed E-state index contributed by atoms with van der Waals surface area (Å²) < 4.78 is 2.03. The van der Waals surface area contributed by atoms with Crippen LogP contribution in [0, 0.1) is 0 Å². The fraction of sp³-hybridized carbons (Fsp3) is 0.312. The van der Waals surface area contributed by atoms with Crippen LogP contribution < -0.4 is 10.6 Å². The smallest absolute Gasteiger partial charge is 0.239 e. The molecule has 0 aliphatic carbocycles. The van der Waals surface area contributed by atoms with Gasteiger partial charge in [-0.1, -0.05) is 24.3 Å². The van der Waals surface area contributed by atoms with E-state index in [9.17, 15) is 4.79 Å². The molecule has 0 spiro atoms. The molecule has 2 heterocycles. The number of carbonyl (C=O) groups is 1. The summed E-state index contributed by atoms with van der Waals surface area (Å²) in [6, 6.07) is 8.28. The van der Waals surface area contributed by atoms with Gasteiger partial charge in [0, 0.05) is 36.3 Å². The largest absolute Gasteiger partial charge is 0.358 e. The Balaban J connectivity index is 2.08. The highest BCUT2D eigenvalue weighted by Crippen LogP contribution is 2.29. The van der Waals surface area contributed by atoms with E-state index in [1.807, 2.05) is 10.6 Å². The Morgan fingerprint density at radius 1 is 1.40 bits per heavy atom. The first-order valence-electron chi connectivity index (χ1n) is 6.98. The average Bonchev–Trinajstić information content (AvgIpc) is 2.87. The minimum atomic E-state index is 0.0246. The number of carbonyl (C=O) groups excluding carboxylic acids is 1. The van der Waals surface area contributed by atoms with Gasteiger partial charge in [-0.3, -0.25) is 4.79 Å². The maximum atomic E-state index is 11.7. The van der Waals surface area contributed by atoms with Crippen LogP contribution >= 0.6 is 0 Å². The average molecular weight is 269 g/mol. The third-order valence-electron chi connectivity index (χ3n) is 3.79. The molecule has 2 N–H and O–H groups in total. The SMILES string of the molecule is CNC(=O)Cn1cc(C2=CCNCC2)c2ccccc21.